The minimum Gasteiger partial charge on any atom is -0.393 e. The zero-order valence-corrected chi connectivity index (χ0v) is 19.0. The third-order valence-electron chi connectivity index (χ3n) is 6.05. The van der Waals surface area contributed by atoms with Gasteiger partial charge in [-0.15, -0.1) is 0 Å². The van der Waals surface area contributed by atoms with Crippen LogP contribution >= 0.6 is 0 Å². The van der Waals surface area contributed by atoms with Gasteiger partial charge in [-0.1, -0.05) is 49.6 Å². The predicted octanol–water partition coefficient (Wildman–Crippen LogP) is 1.64. The van der Waals surface area contributed by atoms with Gasteiger partial charge in [-0.2, -0.15) is 0 Å². The fourth-order valence-electron chi connectivity index (χ4n) is 4.28. The Morgan fingerprint density at radius 3 is 2.62 bits per heavy atom. The van der Waals surface area contributed by atoms with Crippen LogP contribution in [0.3, 0.4) is 0 Å². The molecule has 8 heteroatoms. The molecule has 0 radical (unpaired) electrons. The van der Waals surface area contributed by atoms with E-state index >= 15 is 0 Å². The summed E-state index contributed by atoms with van der Waals surface area (Å²) in [7, 11) is 0. The number of amides is 1. The predicted molar refractivity (Wildman–Crippen MR) is 118 cm³/mol. The number of carbonyl (C=O) groups is 1. The molecule has 0 spiro atoms. The molecule has 6 atom stereocenters. The maximum absolute atomic E-state index is 12.4. The molecule has 2 aliphatic rings. The maximum atomic E-state index is 12.4. The van der Waals surface area contributed by atoms with Gasteiger partial charge in [0, 0.05) is 0 Å². The molecule has 4 N–H and O–H groups in total. The molecule has 2 fully saturated rings. The van der Waals surface area contributed by atoms with E-state index in [9.17, 15) is 20.1 Å². The summed E-state index contributed by atoms with van der Waals surface area (Å²) in [4.78, 5) is 12.4. The number of benzene rings is 1. The smallest absolute Gasteiger partial charge is 0.223 e. The number of hydrogen-bond donors (Lipinski definition) is 4. The zero-order chi connectivity index (χ0) is 23.1. The van der Waals surface area contributed by atoms with Crippen LogP contribution in [-0.4, -0.2) is 70.4 Å². The number of carbonyl (C=O) groups excluding carboxylic acids is 1. The van der Waals surface area contributed by atoms with Gasteiger partial charge in [-0.3, -0.25) is 4.79 Å². The van der Waals surface area contributed by atoms with Crippen LogP contribution in [-0.2, 0) is 25.4 Å². The van der Waals surface area contributed by atoms with Gasteiger partial charge in [0.15, 0.2) is 12.1 Å². The van der Waals surface area contributed by atoms with E-state index in [-0.39, 0.29) is 13.0 Å². The Morgan fingerprint density at radius 2 is 1.88 bits per heavy atom. The maximum Gasteiger partial charge on any atom is 0.223 e. The Balaban J connectivity index is 1.34. The standard InChI is InChI=1S/C24H37NO7/c1-24(2)30-15-18-22(32-24)21(28)20(23(29)31-18)25-19(27)14-17(26)13-9-4-3-6-10-16-11-7-5-8-12-16/h5,7-8,11-12,17-18,20-23,26,28-29H,3-4,6,9-10,13-15H2,1-2H3,(H,25,27)/t17-,18+,20+,21+,22+,23+/m0/s1. The van der Waals surface area contributed by atoms with Gasteiger partial charge in [0.2, 0.25) is 5.91 Å². The molecule has 0 unspecified atom stereocenters. The number of aliphatic hydroxyl groups excluding tert-OH is 3. The largest absolute Gasteiger partial charge is 0.393 e. The van der Waals surface area contributed by atoms with Gasteiger partial charge >= 0.3 is 0 Å². The van der Waals surface area contributed by atoms with E-state index in [1.54, 1.807) is 13.8 Å². The average Bonchev–Trinajstić information content (AvgIpc) is 2.75. The Bertz CT molecular complexity index is 714. The second-order valence-corrected chi connectivity index (χ2v) is 9.24. The van der Waals surface area contributed by atoms with Crippen molar-refractivity contribution in [2.75, 3.05) is 6.61 Å². The molecule has 32 heavy (non-hydrogen) atoms. The lowest BCUT2D eigenvalue weighted by Crippen LogP contribution is -2.68. The van der Waals surface area contributed by atoms with E-state index in [1.807, 2.05) is 18.2 Å². The molecule has 3 rings (SSSR count). The van der Waals surface area contributed by atoms with Gasteiger partial charge in [0.1, 0.15) is 24.4 Å². The van der Waals surface area contributed by atoms with E-state index in [0.29, 0.717) is 6.42 Å². The summed E-state index contributed by atoms with van der Waals surface area (Å²) in [5.74, 6) is -1.34. The summed E-state index contributed by atoms with van der Waals surface area (Å²) in [5, 5.41) is 33.7. The number of rotatable bonds is 10. The van der Waals surface area contributed by atoms with E-state index < -0.39 is 48.4 Å². The van der Waals surface area contributed by atoms with E-state index in [4.69, 9.17) is 14.2 Å². The Labute approximate surface area is 189 Å². The number of ether oxygens (including phenoxy) is 3. The summed E-state index contributed by atoms with van der Waals surface area (Å²) < 4.78 is 16.7. The third kappa shape index (κ3) is 7.23. The van der Waals surface area contributed by atoms with Crippen LogP contribution in [0.5, 0.6) is 0 Å². The quantitative estimate of drug-likeness (QED) is 0.400. The van der Waals surface area contributed by atoms with Crippen molar-refractivity contribution in [3.05, 3.63) is 35.9 Å². The van der Waals surface area contributed by atoms with Crippen molar-refractivity contribution < 1.29 is 34.3 Å². The first kappa shape index (κ1) is 25.1. The third-order valence-corrected chi connectivity index (χ3v) is 6.05. The lowest BCUT2D eigenvalue weighted by Gasteiger charge is -2.48. The van der Waals surface area contributed by atoms with Gasteiger partial charge in [0.05, 0.1) is 19.1 Å². The minimum absolute atomic E-state index is 0.0937. The first-order valence-corrected chi connectivity index (χ1v) is 11.6. The highest BCUT2D eigenvalue weighted by Crippen LogP contribution is 2.31. The molecular weight excluding hydrogens is 414 g/mol. The van der Waals surface area contributed by atoms with Crippen molar-refractivity contribution in [1.29, 1.82) is 0 Å². The number of fused-ring (bicyclic) bond motifs is 1. The minimum atomic E-state index is -1.38. The van der Waals surface area contributed by atoms with Gasteiger partial charge < -0.3 is 34.8 Å². The van der Waals surface area contributed by atoms with Crippen molar-refractivity contribution in [2.24, 2.45) is 0 Å². The summed E-state index contributed by atoms with van der Waals surface area (Å²) in [6, 6.07) is 9.32. The van der Waals surface area contributed by atoms with Crippen molar-refractivity contribution in [1.82, 2.24) is 5.32 Å². The molecule has 2 heterocycles. The monoisotopic (exact) mass is 451 g/mol. The van der Waals surface area contributed by atoms with E-state index in [2.05, 4.69) is 17.4 Å². The van der Waals surface area contributed by atoms with Crippen LogP contribution in [0.4, 0.5) is 0 Å². The van der Waals surface area contributed by atoms with Crippen LogP contribution in [0.15, 0.2) is 30.3 Å². The molecule has 0 aliphatic carbocycles. The number of aliphatic hydroxyl groups is 3. The Kier molecular flexibility index (Phi) is 9.04. The molecule has 1 aromatic rings. The Morgan fingerprint density at radius 1 is 1.16 bits per heavy atom. The van der Waals surface area contributed by atoms with Crippen LogP contribution in [0.25, 0.3) is 0 Å². The number of hydrogen-bond acceptors (Lipinski definition) is 7. The van der Waals surface area contributed by atoms with Crippen molar-refractivity contribution in [2.45, 2.75) is 101 Å². The van der Waals surface area contributed by atoms with Crippen LogP contribution in [0.2, 0.25) is 0 Å². The van der Waals surface area contributed by atoms with Crippen molar-refractivity contribution in [3.8, 4) is 0 Å². The van der Waals surface area contributed by atoms with Crippen LogP contribution in [0, 0.1) is 0 Å². The topological polar surface area (TPSA) is 117 Å². The number of aryl methyl sites for hydroxylation is 1. The second-order valence-electron chi connectivity index (χ2n) is 9.24. The van der Waals surface area contributed by atoms with Crippen LogP contribution in [0.1, 0.15) is 57.9 Å². The lowest BCUT2D eigenvalue weighted by molar-refractivity contribution is -0.364. The first-order chi connectivity index (χ1) is 15.2. The van der Waals surface area contributed by atoms with Gasteiger partial charge in [-0.25, -0.2) is 0 Å². The normalized spacial score (nSPS) is 30.3. The highest BCUT2D eigenvalue weighted by molar-refractivity contribution is 5.76. The molecule has 2 aliphatic heterocycles. The molecule has 0 bridgehead atoms. The van der Waals surface area contributed by atoms with Crippen molar-refractivity contribution >= 4 is 5.91 Å². The number of nitrogens with one attached hydrogen (secondary N) is 1. The molecular formula is C24H37NO7. The fourth-order valence-corrected chi connectivity index (χ4v) is 4.28. The first-order valence-electron chi connectivity index (χ1n) is 11.6. The lowest BCUT2D eigenvalue weighted by atomic mass is 9.95. The Hall–Kier alpha value is -1.55. The molecule has 0 saturated carbocycles. The summed E-state index contributed by atoms with van der Waals surface area (Å²) in [6.45, 7) is 3.63. The molecule has 2 saturated heterocycles. The van der Waals surface area contributed by atoms with Gasteiger partial charge in [-0.05, 0) is 38.7 Å². The summed E-state index contributed by atoms with van der Waals surface area (Å²) in [5.41, 5.74) is 1.33. The van der Waals surface area contributed by atoms with E-state index in [1.165, 1.54) is 5.56 Å². The summed E-state index contributed by atoms with van der Waals surface area (Å²) in [6.07, 6.45) is 0.853. The highest BCUT2D eigenvalue weighted by atomic mass is 16.7. The second kappa shape index (κ2) is 11.5. The van der Waals surface area contributed by atoms with Crippen molar-refractivity contribution in [3.63, 3.8) is 0 Å². The molecule has 1 amide bonds. The molecule has 8 nitrogen and oxygen atoms in total. The van der Waals surface area contributed by atoms with Gasteiger partial charge in [0.25, 0.3) is 0 Å². The highest BCUT2D eigenvalue weighted by Gasteiger charge is 2.50. The number of unbranched alkanes of at least 4 members (excludes halogenated alkanes) is 3. The fraction of sp³-hybridized carbons (Fsp3) is 0.708. The SMILES string of the molecule is CC1(C)OC[C@H]2O[C@@H](O)[C@H](NC(=O)C[C@@H](O)CCCCCCc3ccccc3)[C@@H](O)[C@@H]2O1. The summed E-state index contributed by atoms with van der Waals surface area (Å²) >= 11 is 0. The van der Waals surface area contributed by atoms with Crippen LogP contribution < -0.4 is 5.32 Å². The molecule has 180 valence electrons. The molecule has 0 aromatic heterocycles. The zero-order valence-electron chi connectivity index (χ0n) is 19.0. The van der Waals surface area contributed by atoms with E-state index in [0.717, 1.165) is 32.1 Å². The molecule has 1 aromatic carbocycles. The average molecular weight is 452 g/mol.